The quantitative estimate of drug-likeness (QED) is 0.183. The van der Waals surface area contributed by atoms with Gasteiger partial charge in [-0.3, -0.25) is 0 Å². The van der Waals surface area contributed by atoms with E-state index in [0.29, 0.717) is 0 Å². The lowest BCUT2D eigenvalue weighted by molar-refractivity contribution is 0.590. The van der Waals surface area contributed by atoms with Gasteiger partial charge in [0.05, 0.1) is 16.6 Å². The Labute approximate surface area is 289 Å². The van der Waals surface area contributed by atoms with Crippen LogP contribution in [0.1, 0.15) is 52.7 Å². The number of rotatable bonds is 5. The van der Waals surface area contributed by atoms with E-state index in [1.54, 1.807) is 0 Å². The van der Waals surface area contributed by atoms with Gasteiger partial charge in [-0.1, -0.05) is 114 Å². The van der Waals surface area contributed by atoms with Crippen molar-refractivity contribution in [2.75, 3.05) is 4.90 Å². The first kappa shape index (κ1) is 30.8. The van der Waals surface area contributed by atoms with Crippen molar-refractivity contribution in [3.63, 3.8) is 0 Å². The van der Waals surface area contributed by atoms with Crippen LogP contribution in [-0.4, -0.2) is 9.13 Å². The summed E-state index contributed by atoms with van der Waals surface area (Å²) in [4.78, 5) is 2.38. The standard InChI is InChI=1S/C46H43N3/c1-45(2,3)33-20-24-36(25-21-33)48(37-26-22-34(23-27-37)46(4,5)6)38-15-12-16-39(31-38)49-41-18-11-10-17-40(41)43-42(49)28-19-32-29-30-47(44(32)43)35-13-8-7-9-14-35/h7-31H,1-6H3. The lowest BCUT2D eigenvalue weighted by atomic mass is 9.86. The summed E-state index contributed by atoms with van der Waals surface area (Å²) in [6, 6.07) is 53.4. The van der Waals surface area contributed by atoms with Crippen molar-refractivity contribution in [3.8, 4) is 11.4 Å². The highest BCUT2D eigenvalue weighted by atomic mass is 15.1. The SMILES string of the molecule is CC(C)(C)c1ccc(N(c2ccc(C(C)(C)C)cc2)c2cccc(-n3c4ccccc4c4c5c(ccc43)ccn5-c3ccccc3)c2)cc1. The van der Waals surface area contributed by atoms with Gasteiger partial charge in [0.25, 0.3) is 0 Å². The van der Waals surface area contributed by atoms with Crippen LogP contribution in [0, 0.1) is 0 Å². The fourth-order valence-corrected chi connectivity index (χ4v) is 7.20. The summed E-state index contributed by atoms with van der Waals surface area (Å²) in [5.41, 5.74) is 12.1. The predicted molar refractivity (Wildman–Crippen MR) is 210 cm³/mol. The molecule has 0 N–H and O–H groups in total. The van der Waals surface area contributed by atoms with Gasteiger partial charge in [0.15, 0.2) is 0 Å². The maximum absolute atomic E-state index is 2.43. The monoisotopic (exact) mass is 637 g/mol. The molecule has 0 radical (unpaired) electrons. The molecular weight excluding hydrogens is 595 g/mol. The fourth-order valence-electron chi connectivity index (χ4n) is 7.20. The zero-order chi connectivity index (χ0) is 33.9. The third-order valence-corrected chi connectivity index (χ3v) is 9.85. The zero-order valence-electron chi connectivity index (χ0n) is 29.3. The smallest absolute Gasteiger partial charge is 0.0628 e. The summed E-state index contributed by atoms with van der Waals surface area (Å²) in [5.74, 6) is 0. The van der Waals surface area contributed by atoms with Crippen molar-refractivity contribution in [2.24, 2.45) is 0 Å². The third kappa shape index (κ3) is 5.40. The molecule has 0 atom stereocenters. The summed E-state index contributed by atoms with van der Waals surface area (Å²) >= 11 is 0. The molecular formula is C46H43N3. The molecule has 0 unspecified atom stereocenters. The maximum Gasteiger partial charge on any atom is 0.0628 e. The normalized spacial score (nSPS) is 12.3. The fraction of sp³-hybridized carbons (Fsp3) is 0.174. The van der Waals surface area contributed by atoms with E-state index in [0.717, 1.165) is 28.4 Å². The molecule has 242 valence electrons. The summed E-state index contributed by atoms with van der Waals surface area (Å²) in [7, 11) is 0. The van der Waals surface area contributed by atoms with Gasteiger partial charge in [-0.05, 0) is 94.8 Å². The first-order valence-electron chi connectivity index (χ1n) is 17.3. The van der Waals surface area contributed by atoms with Crippen LogP contribution in [0.2, 0.25) is 0 Å². The van der Waals surface area contributed by atoms with E-state index in [1.165, 1.54) is 43.8 Å². The van der Waals surface area contributed by atoms with Crippen LogP contribution in [-0.2, 0) is 10.8 Å². The Morgan fingerprint density at radius 1 is 0.469 bits per heavy atom. The molecule has 8 aromatic rings. The van der Waals surface area contributed by atoms with E-state index < -0.39 is 0 Å². The Kier molecular flexibility index (Phi) is 7.26. The minimum absolute atomic E-state index is 0.0833. The summed E-state index contributed by atoms with van der Waals surface area (Å²) in [5, 5.41) is 3.74. The van der Waals surface area contributed by atoms with Crippen LogP contribution >= 0.6 is 0 Å². The number of para-hydroxylation sites is 2. The lowest BCUT2D eigenvalue weighted by Crippen LogP contribution is -2.14. The van der Waals surface area contributed by atoms with Crippen LogP contribution in [0.5, 0.6) is 0 Å². The highest BCUT2D eigenvalue weighted by molar-refractivity contribution is 6.20. The number of aromatic nitrogens is 2. The second-order valence-electron chi connectivity index (χ2n) is 15.2. The summed E-state index contributed by atoms with van der Waals surface area (Å²) in [6.07, 6.45) is 2.19. The molecule has 0 fully saturated rings. The predicted octanol–water partition coefficient (Wildman–Crippen LogP) is 12.8. The third-order valence-electron chi connectivity index (χ3n) is 9.85. The minimum atomic E-state index is 0.0833. The molecule has 8 rings (SSSR count). The van der Waals surface area contributed by atoms with Crippen LogP contribution < -0.4 is 4.90 Å². The van der Waals surface area contributed by atoms with E-state index in [1.807, 2.05) is 0 Å². The molecule has 3 nitrogen and oxygen atoms in total. The van der Waals surface area contributed by atoms with Crippen LogP contribution in [0.15, 0.2) is 152 Å². The van der Waals surface area contributed by atoms with Crippen molar-refractivity contribution in [1.29, 1.82) is 0 Å². The van der Waals surface area contributed by atoms with Gasteiger partial charge in [0, 0.05) is 50.8 Å². The average Bonchev–Trinajstić information content (AvgIpc) is 3.68. The Hall–Kier alpha value is -5.54. The Morgan fingerprint density at radius 2 is 1.06 bits per heavy atom. The zero-order valence-corrected chi connectivity index (χ0v) is 29.3. The van der Waals surface area contributed by atoms with E-state index >= 15 is 0 Å². The molecule has 0 saturated heterocycles. The largest absolute Gasteiger partial charge is 0.316 e. The molecule has 0 aliphatic heterocycles. The van der Waals surface area contributed by atoms with E-state index in [2.05, 4.69) is 207 Å². The molecule has 0 spiro atoms. The number of anilines is 3. The van der Waals surface area contributed by atoms with Crippen LogP contribution in [0.3, 0.4) is 0 Å². The molecule has 49 heavy (non-hydrogen) atoms. The van der Waals surface area contributed by atoms with Crippen molar-refractivity contribution in [2.45, 2.75) is 52.4 Å². The summed E-state index contributed by atoms with van der Waals surface area (Å²) < 4.78 is 4.76. The van der Waals surface area contributed by atoms with Gasteiger partial charge in [-0.15, -0.1) is 0 Å². The second-order valence-corrected chi connectivity index (χ2v) is 15.2. The van der Waals surface area contributed by atoms with Crippen molar-refractivity contribution in [3.05, 3.63) is 163 Å². The summed E-state index contributed by atoms with van der Waals surface area (Å²) in [6.45, 7) is 13.6. The van der Waals surface area contributed by atoms with Gasteiger partial charge in [0.2, 0.25) is 0 Å². The lowest BCUT2D eigenvalue weighted by Gasteiger charge is -2.28. The highest BCUT2D eigenvalue weighted by Gasteiger charge is 2.21. The van der Waals surface area contributed by atoms with Gasteiger partial charge < -0.3 is 14.0 Å². The van der Waals surface area contributed by atoms with Crippen molar-refractivity contribution < 1.29 is 0 Å². The molecule has 0 amide bonds. The molecule has 0 saturated carbocycles. The molecule has 2 heterocycles. The van der Waals surface area contributed by atoms with Crippen LogP contribution in [0.25, 0.3) is 44.1 Å². The molecule has 0 bridgehead atoms. The molecule has 2 aromatic heterocycles. The van der Waals surface area contributed by atoms with Crippen molar-refractivity contribution >= 4 is 49.8 Å². The maximum atomic E-state index is 2.43. The van der Waals surface area contributed by atoms with Crippen LogP contribution in [0.4, 0.5) is 17.1 Å². The van der Waals surface area contributed by atoms with Gasteiger partial charge in [-0.25, -0.2) is 0 Å². The highest BCUT2D eigenvalue weighted by Crippen LogP contribution is 2.41. The minimum Gasteiger partial charge on any atom is -0.316 e. The molecule has 0 aliphatic rings. The number of hydrogen-bond acceptors (Lipinski definition) is 1. The first-order valence-corrected chi connectivity index (χ1v) is 17.3. The topological polar surface area (TPSA) is 13.1 Å². The Balaban J connectivity index is 1.33. The van der Waals surface area contributed by atoms with Gasteiger partial charge >= 0.3 is 0 Å². The van der Waals surface area contributed by atoms with Gasteiger partial charge in [0.1, 0.15) is 0 Å². The molecule has 3 heteroatoms. The first-order chi connectivity index (χ1) is 23.6. The number of benzene rings is 6. The molecule has 6 aromatic carbocycles. The Morgan fingerprint density at radius 3 is 1.69 bits per heavy atom. The Bertz CT molecular complexity index is 2370. The van der Waals surface area contributed by atoms with E-state index in [-0.39, 0.29) is 10.8 Å². The molecule has 0 aliphatic carbocycles. The number of nitrogens with zero attached hydrogens (tertiary/aromatic N) is 3. The van der Waals surface area contributed by atoms with E-state index in [4.69, 9.17) is 0 Å². The van der Waals surface area contributed by atoms with Gasteiger partial charge in [-0.2, -0.15) is 0 Å². The average molecular weight is 638 g/mol. The number of fused-ring (bicyclic) bond motifs is 5. The van der Waals surface area contributed by atoms with Crippen molar-refractivity contribution in [1.82, 2.24) is 9.13 Å². The number of hydrogen-bond donors (Lipinski definition) is 0. The van der Waals surface area contributed by atoms with E-state index in [9.17, 15) is 0 Å². The second kappa shape index (κ2) is 11.6.